The Morgan fingerprint density at radius 3 is 2.67 bits per heavy atom. The van der Waals surface area contributed by atoms with Gasteiger partial charge in [-0.1, -0.05) is 0 Å². The third-order valence-electron chi connectivity index (χ3n) is 5.94. The molecular formula is C18H23N3O5S. The molecule has 0 aliphatic carbocycles. The van der Waals surface area contributed by atoms with Crippen LogP contribution >= 0.6 is 11.3 Å². The summed E-state index contributed by atoms with van der Waals surface area (Å²) in [6.07, 6.45) is -0.456. The predicted molar refractivity (Wildman–Crippen MR) is 97.5 cm³/mol. The largest absolute Gasteiger partial charge is 0.448 e. The van der Waals surface area contributed by atoms with Gasteiger partial charge in [0.25, 0.3) is 5.91 Å². The van der Waals surface area contributed by atoms with E-state index in [9.17, 15) is 19.5 Å². The van der Waals surface area contributed by atoms with E-state index in [0.29, 0.717) is 39.3 Å². The molecular weight excluding hydrogens is 370 g/mol. The van der Waals surface area contributed by atoms with Gasteiger partial charge in [0.15, 0.2) is 0 Å². The van der Waals surface area contributed by atoms with Crippen molar-refractivity contribution in [3.8, 4) is 0 Å². The van der Waals surface area contributed by atoms with Crippen LogP contribution < -0.4 is 0 Å². The molecule has 4 heterocycles. The third kappa shape index (κ3) is 3.08. The first-order chi connectivity index (χ1) is 12.9. The molecule has 0 spiro atoms. The van der Waals surface area contributed by atoms with Gasteiger partial charge in [-0.25, -0.2) is 4.79 Å². The number of hydrogen-bond acceptors (Lipinski definition) is 6. The first-order valence-corrected chi connectivity index (χ1v) is 9.95. The molecule has 2 unspecified atom stereocenters. The van der Waals surface area contributed by atoms with Crippen molar-refractivity contribution in [2.75, 3.05) is 52.5 Å². The fraction of sp³-hybridized carbons (Fsp3) is 0.611. The molecule has 2 atom stereocenters. The van der Waals surface area contributed by atoms with Gasteiger partial charge >= 0.3 is 6.09 Å². The van der Waals surface area contributed by atoms with Crippen molar-refractivity contribution >= 4 is 29.2 Å². The normalized spacial score (nSPS) is 27.3. The smallest absolute Gasteiger partial charge is 0.410 e. The number of hydrogen-bond donors (Lipinski definition) is 1. The lowest BCUT2D eigenvalue weighted by molar-refractivity contribution is -0.131. The van der Waals surface area contributed by atoms with E-state index >= 15 is 0 Å². The van der Waals surface area contributed by atoms with E-state index in [2.05, 4.69) is 0 Å². The molecule has 9 heteroatoms. The molecule has 0 radical (unpaired) electrons. The van der Waals surface area contributed by atoms with Gasteiger partial charge in [-0.2, -0.15) is 0 Å². The van der Waals surface area contributed by atoms with Gasteiger partial charge in [0, 0.05) is 37.5 Å². The SMILES string of the molecule is Cc1ccsc1C(=O)N1CC2CN(C(=O)CN3CCOC3=O)CC2(CO)C1. The molecule has 8 nitrogen and oxygen atoms in total. The van der Waals surface area contributed by atoms with Crippen LogP contribution in [0.15, 0.2) is 11.4 Å². The highest BCUT2D eigenvalue weighted by Gasteiger charge is 2.54. The first-order valence-electron chi connectivity index (χ1n) is 9.07. The van der Waals surface area contributed by atoms with Crippen LogP contribution in [0.4, 0.5) is 4.79 Å². The number of thiophene rings is 1. The number of carbonyl (C=O) groups is 3. The number of fused-ring (bicyclic) bond motifs is 1. The predicted octanol–water partition coefficient (Wildman–Crippen LogP) is 0.402. The van der Waals surface area contributed by atoms with Crippen LogP contribution in [-0.4, -0.2) is 90.2 Å². The van der Waals surface area contributed by atoms with Crippen molar-refractivity contribution < 1.29 is 24.2 Å². The molecule has 146 valence electrons. The highest BCUT2D eigenvalue weighted by atomic mass is 32.1. The van der Waals surface area contributed by atoms with Gasteiger partial charge in [-0.3, -0.25) is 14.5 Å². The van der Waals surface area contributed by atoms with Crippen LogP contribution in [0.1, 0.15) is 15.2 Å². The van der Waals surface area contributed by atoms with Gasteiger partial charge in [0.05, 0.1) is 18.0 Å². The Bertz CT molecular complexity index is 781. The number of aliphatic hydroxyl groups is 1. The van der Waals surface area contributed by atoms with Crippen LogP contribution in [0.5, 0.6) is 0 Å². The summed E-state index contributed by atoms with van der Waals surface area (Å²) < 4.78 is 4.86. The molecule has 3 aliphatic rings. The Morgan fingerprint density at radius 1 is 1.33 bits per heavy atom. The summed E-state index contributed by atoms with van der Waals surface area (Å²) in [7, 11) is 0. The van der Waals surface area contributed by atoms with Crippen LogP contribution in [0.2, 0.25) is 0 Å². The van der Waals surface area contributed by atoms with E-state index in [-0.39, 0.29) is 30.9 Å². The summed E-state index contributed by atoms with van der Waals surface area (Å²) in [5.41, 5.74) is 0.483. The minimum Gasteiger partial charge on any atom is -0.448 e. The van der Waals surface area contributed by atoms with Crippen LogP contribution in [0, 0.1) is 18.3 Å². The summed E-state index contributed by atoms with van der Waals surface area (Å²) >= 11 is 1.43. The molecule has 4 rings (SSSR count). The van der Waals surface area contributed by atoms with E-state index < -0.39 is 11.5 Å². The number of amides is 3. The topological polar surface area (TPSA) is 90.4 Å². The number of carbonyl (C=O) groups excluding carboxylic acids is 3. The summed E-state index contributed by atoms with van der Waals surface area (Å²) in [5, 5.41) is 12.0. The summed E-state index contributed by atoms with van der Waals surface area (Å²) in [6.45, 7) is 4.48. The van der Waals surface area contributed by atoms with Crippen molar-refractivity contribution in [1.82, 2.24) is 14.7 Å². The van der Waals surface area contributed by atoms with Crippen LogP contribution in [0.25, 0.3) is 0 Å². The average molecular weight is 393 g/mol. The van der Waals surface area contributed by atoms with Crippen molar-refractivity contribution in [3.63, 3.8) is 0 Å². The molecule has 0 saturated carbocycles. The second kappa shape index (κ2) is 6.79. The molecule has 27 heavy (non-hydrogen) atoms. The van der Waals surface area contributed by atoms with Gasteiger partial charge in [0.1, 0.15) is 13.2 Å². The minimum atomic E-state index is -0.484. The molecule has 0 bridgehead atoms. The number of nitrogens with zero attached hydrogens (tertiary/aromatic N) is 3. The zero-order chi connectivity index (χ0) is 19.2. The fourth-order valence-electron chi connectivity index (χ4n) is 4.32. The zero-order valence-corrected chi connectivity index (χ0v) is 16.0. The Balaban J connectivity index is 1.42. The van der Waals surface area contributed by atoms with Gasteiger partial charge in [-0.15, -0.1) is 11.3 Å². The number of aryl methyl sites for hydroxylation is 1. The highest BCUT2D eigenvalue weighted by molar-refractivity contribution is 7.12. The lowest BCUT2D eigenvalue weighted by atomic mass is 9.82. The number of aliphatic hydroxyl groups excluding tert-OH is 1. The molecule has 3 saturated heterocycles. The molecule has 3 aliphatic heterocycles. The molecule has 1 aromatic rings. The van der Waals surface area contributed by atoms with Gasteiger partial charge in [-0.05, 0) is 23.9 Å². The van der Waals surface area contributed by atoms with E-state index in [1.807, 2.05) is 18.4 Å². The fourth-order valence-corrected chi connectivity index (χ4v) is 5.21. The molecule has 3 amide bonds. The van der Waals surface area contributed by atoms with E-state index in [1.165, 1.54) is 16.2 Å². The van der Waals surface area contributed by atoms with Crippen molar-refractivity contribution in [2.24, 2.45) is 11.3 Å². The van der Waals surface area contributed by atoms with Gasteiger partial charge in [0.2, 0.25) is 5.91 Å². The molecule has 1 aromatic heterocycles. The number of cyclic esters (lactones) is 1. The Kier molecular flexibility index (Phi) is 4.59. The number of rotatable bonds is 4. The highest BCUT2D eigenvalue weighted by Crippen LogP contribution is 2.43. The lowest BCUT2D eigenvalue weighted by Crippen LogP contribution is -2.43. The average Bonchev–Trinajstić information content (AvgIpc) is 3.38. The van der Waals surface area contributed by atoms with Gasteiger partial charge < -0.3 is 19.6 Å². The summed E-state index contributed by atoms with van der Waals surface area (Å²) in [4.78, 5) is 42.6. The maximum atomic E-state index is 12.8. The van der Waals surface area contributed by atoms with Crippen molar-refractivity contribution in [3.05, 3.63) is 21.9 Å². The monoisotopic (exact) mass is 393 g/mol. The number of likely N-dealkylation sites (tertiary alicyclic amines) is 2. The summed E-state index contributed by atoms with van der Waals surface area (Å²) in [5.74, 6) is -0.0911. The Morgan fingerprint density at radius 2 is 2.07 bits per heavy atom. The van der Waals surface area contributed by atoms with Crippen LogP contribution in [0.3, 0.4) is 0 Å². The van der Waals surface area contributed by atoms with Crippen molar-refractivity contribution in [2.45, 2.75) is 6.92 Å². The van der Waals surface area contributed by atoms with Crippen LogP contribution in [-0.2, 0) is 9.53 Å². The maximum absolute atomic E-state index is 12.8. The minimum absolute atomic E-state index is 0.00223. The number of ether oxygens (including phenoxy) is 1. The Hall–Kier alpha value is -2.13. The molecule has 0 aromatic carbocycles. The van der Waals surface area contributed by atoms with Crippen molar-refractivity contribution in [1.29, 1.82) is 0 Å². The molecule has 3 fully saturated rings. The zero-order valence-electron chi connectivity index (χ0n) is 15.2. The quantitative estimate of drug-likeness (QED) is 0.800. The second-order valence-electron chi connectivity index (χ2n) is 7.65. The standard InChI is InChI=1S/C18H23N3O5S/c1-12-2-5-27-15(12)16(24)21-7-13-6-20(9-18(13,10-21)11-22)14(23)8-19-3-4-26-17(19)25/h2,5,13,22H,3-4,6-11H2,1H3. The maximum Gasteiger partial charge on any atom is 0.410 e. The molecule has 1 N–H and O–H groups in total. The Labute approximate surface area is 161 Å². The third-order valence-corrected chi connectivity index (χ3v) is 6.95. The first kappa shape index (κ1) is 18.2. The van der Waals surface area contributed by atoms with E-state index in [1.54, 1.807) is 9.80 Å². The van der Waals surface area contributed by atoms with E-state index in [4.69, 9.17) is 4.74 Å². The summed E-state index contributed by atoms with van der Waals surface area (Å²) in [6, 6.07) is 1.93. The lowest BCUT2D eigenvalue weighted by Gasteiger charge is -2.27. The second-order valence-corrected chi connectivity index (χ2v) is 8.56. The van der Waals surface area contributed by atoms with E-state index in [0.717, 1.165) is 10.4 Å².